The number of nitro benzene ring substituents is 1. The fraction of sp³-hybridized carbons (Fsp3) is 0.143. The third-order valence-electron chi connectivity index (χ3n) is 2.57. The molecule has 9 nitrogen and oxygen atoms in total. The van der Waals surface area contributed by atoms with E-state index in [4.69, 9.17) is 0 Å². The second kappa shape index (κ2) is 8.58. The molecule has 0 saturated carbocycles. The summed E-state index contributed by atoms with van der Waals surface area (Å²) in [7, 11) is 0. The molecule has 0 radical (unpaired) electrons. The van der Waals surface area contributed by atoms with Crippen molar-refractivity contribution in [1.29, 1.82) is 0 Å². The molecule has 1 N–H and O–H groups in total. The number of rotatable bonds is 6. The highest BCUT2D eigenvalue weighted by molar-refractivity contribution is 7.99. The summed E-state index contributed by atoms with van der Waals surface area (Å²) in [5.74, 6) is 0. The summed E-state index contributed by atoms with van der Waals surface area (Å²) in [6.07, 6.45) is 3.71. The molecule has 10 heteroatoms. The Bertz CT molecular complexity index is 754. The van der Waals surface area contributed by atoms with Crippen molar-refractivity contribution >= 4 is 29.8 Å². The Labute approximate surface area is 141 Å². The van der Waals surface area contributed by atoms with E-state index in [0.717, 1.165) is 11.8 Å². The van der Waals surface area contributed by atoms with Crippen molar-refractivity contribution in [1.82, 2.24) is 15.4 Å². The molecule has 0 spiro atoms. The van der Waals surface area contributed by atoms with Gasteiger partial charge >= 0.3 is 6.09 Å². The number of hydrogen-bond acceptors (Lipinski definition) is 8. The van der Waals surface area contributed by atoms with E-state index in [1.54, 1.807) is 37.5 Å². The molecule has 2 rings (SSSR count). The van der Waals surface area contributed by atoms with Crippen molar-refractivity contribution in [2.24, 2.45) is 5.10 Å². The molecule has 2 aromatic rings. The zero-order valence-electron chi connectivity index (χ0n) is 12.6. The van der Waals surface area contributed by atoms with Crippen molar-refractivity contribution in [2.45, 2.75) is 17.0 Å². The van der Waals surface area contributed by atoms with Gasteiger partial charge in [-0.1, -0.05) is 6.07 Å². The maximum Gasteiger partial charge on any atom is 0.427 e. The number of hydrazone groups is 1. The molecular formula is C14H13N5O4S. The molecule has 0 aliphatic carbocycles. The number of benzene rings is 1. The number of nitrogens with zero attached hydrogens (tertiary/aromatic N) is 4. The molecule has 24 heavy (non-hydrogen) atoms. The smallest absolute Gasteiger partial charge is 0.427 e. The largest absolute Gasteiger partial charge is 0.449 e. The summed E-state index contributed by atoms with van der Waals surface area (Å²) in [5.41, 5.74) is 2.50. The van der Waals surface area contributed by atoms with Gasteiger partial charge in [0.25, 0.3) is 5.69 Å². The fourth-order valence-corrected chi connectivity index (χ4v) is 2.40. The lowest BCUT2D eigenvalue weighted by Crippen LogP contribution is -2.18. The summed E-state index contributed by atoms with van der Waals surface area (Å²) in [6.45, 7) is 1.89. The Morgan fingerprint density at radius 3 is 2.88 bits per heavy atom. The summed E-state index contributed by atoms with van der Waals surface area (Å²) in [5, 5.41) is 15.3. The average Bonchev–Trinajstić information content (AvgIpc) is 2.57. The summed E-state index contributed by atoms with van der Waals surface area (Å²) in [6, 6.07) is 6.22. The minimum absolute atomic E-state index is 0.104. The van der Waals surface area contributed by atoms with Crippen LogP contribution in [0.1, 0.15) is 12.5 Å². The van der Waals surface area contributed by atoms with E-state index in [0.29, 0.717) is 15.6 Å². The van der Waals surface area contributed by atoms with Gasteiger partial charge in [0.2, 0.25) is 0 Å². The zero-order valence-corrected chi connectivity index (χ0v) is 13.4. The first-order valence-electron chi connectivity index (χ1n) is 6.79. The molecule has 1 heterocycles. The van der Waals surface area contributed by atoms with E-state index < -0.39 is 11.0 Å². The van der Waals surface area contributed by atoms with Crippen LogP contribution in [-0.2, 0) is 4.74 Å². The van der Waals surface area contributed by atoms with E-state index in [-0.39, 0.29) is 12.3 Å². The van der Waals surface area contributed by atoms with Gasteiger partial charge < -0.3 is 4.74 Å². The van der Waals surface area contributed by atoms with E-state index >= 15 is 0 Å². The Morgan fingerprint density at radius 2 is 2.21 bits per heavy atom. The molecular weight excluding hydrogens is 334 g/mol. The van der Waals surface area contributed by atoms with Crippen molar-refractivity contribution in [3.05, 3.63) is 52.3 Å². The molecule has 1 aromatic carbocycles. The van der Waals surface area contributed by atoms with Gasteiger partial charge in [-0.25, -0.2) is 20.2 Å². The highest BCUT2D eigenvalue weighted by Gasteiger charge is 2.16. The topological polar surface area (TPSA) is 120 Å². The number of nitro groups is 1. The van der Waals surface area contributed by atoms with Crippen molar-refractivity contribution in [3.8, 4) is 0 Å². The monoisotopic (exact) mass is 347 g/mol. The number of hydrogen-bond donors (Lipinski definition) is 1. The number of ether oxygens (including phenoxy) is 1. The SMILES string of the molecule is CCOC(=O)N/N=C\c1ccc(Sc2ncccn2)c([N+](=O)[O-])c1. The molecule has 0 aliphatic rings. The van der Waals surface area contributed by atoms with Gasteiger partial charge in [0.15, 0.2) is 5.16 Å². The van der Waals surface area contributed by atoms with Gasteiger partial charge in [0.1, 0.15) is 0 Å². The molecule has 124 valence electrons. The van der Waals surface area contributed by atoms with Crippen LogP contribution >= 0.6 is 11.8 Å². The van der Waals surface area contributed by atoms with Crippen molar-refractivity contribution in [2.75, 3.05) is 6.61 Å². The van der Waals surface area contributed by atoms with Crippen LogP contribution in [0.25, 0.3) is 0 Å². The Morgan fingerprint density at radius 1 is 1.46 bits per heavy atom. The molecule has 1 amide bonds. The first kappa shape index (κ1) is 17.3. The molecule has 0 saturated heterocycles. The van der Waals surface area contributed by atoms with Crippen molar-refractivity contribution in [3.63, 3.8) is 0 Å². The van der Waals surface area contributed by atoms with Gasteiger partial charge in [0, 0.05) is 24.0 Å². The standard InChI is InChI=1S/C14H13N5O4S/c1-2-23-14(20)18-17-9-10-4-5-12(11(8-10)19(21)22)24-13-15-6-3-7-16-13/h3-9H,2H2,1H3,(H,18,20)/b17-9-. The molecule has 0 unspecified atom stereocenters. The maximum atomic E-state index is 11.2. The van der Waals surface area contributed by atoms with Crippen LogP contribution in [0.3, 0.4) is 0 Å². The Hall–Kier alpha value is -3.01. The van der Waals surface area contributed by atoms with Crippen LogP contribution in [-0.4, -0.2) is 33.8 Å². The van der Waals surface area contributed by atoms with Crippen LogP contribution < -0.4 is 5.43 Å². The molecule has 0 fully saturated rings. The average molecular weight is 347 g/mol. The van der Waals surface area contributed by atoms with Crippen LogP contribution in [0.15, 0.2) is 51.8 Å². The van der Waals surface area contributed by atoms with Gasteiger partial charge in [0.05, 0.1) is 22.6 Å². The van der Waals surface area contributed by atoms with E-state index in [1.807, 2.05) is 0 Å². The number of aromatic nitrogens is 2. The number of amides is 1. The number of carbonyl (C=O) groups is 1. The number of nitrogens with one attached hydrogen (secondary N) is 1. The lowest BCUT2D eigenvalue weighted by molar-refractivity contribution is -0.387. The zero-order chi connectivity index (χ0) is 17.4. The highest BCUT2D eigenvalue weighted by atomic mass is 32.2. The van der Waals surface area contributed by atoms with E-state index in [1.165, 1.54) is 12.3 Å². The van der Waals surface area contributed by atoms with Gasteiger partial charge in [-0.15, -0.1) is 0 Å². The van der Waals surface area contributed by atoms with E-state index in [9.17, 15) is 14.9 Å². The predicted molar refractivity (Wildman–Crippen MR) is 87.0 cm³/mol. The minimum atomic E-state index is -0.698. The Kier molecular flexibility index (Phi) is 6.20. The van der Waals surface area contributed by atoms with Crippen molar-refractivity contribution < 1.29 is 14.5 Å². The van der Waals surface area contributed by atoms with Gasteiger partial charge in [-0.2, -0.15) is 5.10 Å². The second-order valence-electron chi connectivity index (χ2n) is 4.21. The van der Waals surface area contributed by atoms with Gasteiger partial charge in [-0.05, 0) is 30.8 Å². The maximum absolute atomic E-state index is 11.2. The first-order valence-corrected chi connectivity index (χ1v) is 7.61. The molecule has 0 bridgehead atoms. The fourth-order valence-electron chi connectivity index (χ4n) is 1.60. The van der Waals surface area contributed by atoms with Crippen LogP contribution in [0.2, 0.25) is 0 Å². The third-order valence-corrected chi connectivity index (χ3v) is 3.53. The molecule has 1 aromatic heterocycles. The summed E-state index contributed by atoms with van der Waals surface area (Å²) < 4.78 is 4.64. The lowest BCUT2D eigenvalue weighted by atomic mass is 10.2. The first-order chi connectivity index (χ1) is 11.6. The second-order valence-corrected chi connectivity index (χ2v) is 5.22. The van der Waals surface area contributed by atoms with Crippen LogP contribution in [0.4, 0.5) is 10.5 Å². The van der Waals surface area contributed by atoms with Crippen LogP contribution in [0, 0.1) is 10.1 Å². The third kappa shape index (κ3) is 5.02. The Balaban J connectivity index is 2.16. The summed E-state index contributed by atoms with van der Waals surface area (Å²) >= 11 is 1.09. The molecule has 0 aliphatic heterocycles. The predicted octanol–water partition coefficient (Wildman–Crippen LogP) is 2.62. The lowest BCUT2D eigenvalue weighted by Gasteiger charge is -2.03. The van der Waals surface area contributed by atoms with Crippen LogP contribution in [0.5, 0.6) is 0 Å². The normalized spacial score (nSPS) is 10.5. The minimum Gasteiger partial charge on any atom is -0.449 e. The number of carbonyl (C=O) groups excluding carboxylic acids is 1. The quantitative estimate of drug-likeness (QED) is 0.369. The summed E-state index contributed by atoms with van der Waals surface area (Å²) in [4.78, 5) is 30.3. The highest BCUT2D eigenvalue weighted by Crippen LogP contribution is 2.33. The molecule has 0 atom stereocenters. The van der Waals surface area contributed by atoms with E-state index in [2.05, 4.69) is 25.2 Å². The van der Waals surface area contributed by atoms with Gasteiger partial charge in [-0.3, -0.25) is 10.1 Å².